The zero-order chi connectivity index (χ0) is 15.2. The standard InChI is InChI=1S/C16H20N2O3/c1-20-15-7-6-12(10-17)9-13(15)11-18-8-4-3-5-14(18)16(19)21-2/h6-7,9,14H,3-5,8,11H2,1-2H3. The Labute approximate surface area is 125 Å². The van der Waals surface area contributed by atoms with E-state index in [0.29, 0.717) is 12.1 Å². The molecule has 112 valence electrons. The van der Waals surface area contributed by atoms with Gasteiger partial charge in [-0.2, -0.15) is 5.26 Å². The lowest BCUT2D eigenvalue weighted by atomic mass is 10.0. The number of ether oxygens (including phenoxy) is 2. The van der Waals surface area contributed by atoms with E-state index in [2.05, 4.69) is 11.0 Å². The van der Waals surface area contributed by atoms with Crippen LogP contribution in [0.5, 0.6) is 5.75 Å². The lowest BCUT2D eigenvalue weighted by Crippen LogP contribution is -2.44. The van der Waals surface area contributed by atoms with Gasteiger partial charge in [0.1, 0.15) is 11.8 Å². The number of methoxy groups -OCH3 is 2. The Kier molecular flexibility index (Phi) is 5.18. The third-order valence-electron chi connectivity index (χ3n) is 3.87. The molecule has 0 N–H and O–H groups in total. The monoisotopic (exact) mass is 288 g/mol. The molecule has 1 aromatic carbocycles. The molecule has 0 aliphatic carbocycles. The number of benzene rings is 1. The van der Waals surface area contributed by atoms with Crippen LogP contribution in [-0.4, -0.2) is 37.7 Å². The van der Waals surface area contributed by atoms with Gasteiger partial charge in [-0.3, -0.25) is 9.69 Å². The molecule has 1 aliphatic heterocycles. The second-order valence-electron chi connectivity index (χ2n) is 5.14. The first-order valence-corrected chi connectivity index (χ1v) is 7.08. The highest BCUT2D eigenvalue weighted by Gasteiger charge is 2.29. The molecule has 1 fully saturated rings. The van der Waals surface area contributed by atoms with Gasteiger partial charge in [-0.05, 0) is 37.6 Å². The zero-order valence-electron chi connectivity index (χ0n) is 12.5. The van der Waals surface area contributed by atoms with E-state index in [-0.39, 0.29) is 12.0 Å². The molecule has 1 heterocycles. The molecule has 0 bridgehead atoms. The summed E-state index contributed by atoms with van der Waals surface area (Å²) in [5.74, 6) is 0.549. The van der Waals surface area contributed by atoms with Crippen molar-refractivity contribution in [1.82, 2.24) is 4.90 Å². The van der Waals surface area contributed by atoms with Crippen LogP contribution >= 0.6 is 0 Å². The lowest BCUT2D eigenvalue weighted by molar-refractivity contribution is -0.148. The van der Waals surface area contributed by atoms with Crippen LogP contribution in [0.3, 0.4) is 0 Å². The van der Waals surface area contributed by atoms with Gasteiger partial charge in [0.15, 0.2) is 0 Å². The van der Waals surface area contributed by atoms with Gasteiger partial charge in [-0.15, -0.1) is 0 Å². The van der Waals surface area contributed by atoms with Crippen LogP contribution in [0.4, 0.5) is 0 Å². The summed E-state index contributed by atoms with van der Waals surface area (Å²) in [7, 11) is 3.03. The Bertz CT molecular complexity index is 551. The molecular weight excluding hydrogens is 268 g/mol. The molecule has 2 rings (SSSR count). The highest BCUT2D eigenvalue weighted by molar-refractivity contribution is 5.75. The molecular formula is C16H20N2O3. The van der Waals surface area contributed by atoms with Crippen LogP contribution in [0.1, 0.15) is 30.4 Å². The molecule has 0 saturated carbocycles. The SMILES string of the molecule is COC(=O)C1CCCCN1Cc1cc(C#N)ccc1OC. The van der Waals surface area contributed by atoms with Crippen molar-refractivity contribution < 1.29 is 14.3 Å². The Morgan fingerprint density at radius 2 is 2.24 bits per heavy atom. The number of piperidine rings is 1. The first-order valence-electron chi connectivity index (χ1n) is 7.08. The van der Waals surface area contributed by atoms with Gasteiger partial charge in [0.05, 0.1) is 25.9 Å². The van der Waals surface area contributed by atoms with E-state index in [0.717, 1.165) is 37.1 Å². The summed E-state index contributed by atoms with van der Waals surface area (Å²) in [6, 6.07) is 7.28. The highest BCUT2D eigenvalue weighted by Crippen LogP contribution is 2.26. The maximum Gasteiger partial charge on any atom is 0.323 e. The fourth-order valence-corrected chi connectivity index (χ4v) is 2.77. The molecule has 0 radical (unpaired) electrons. The van der Waals surface area contributed by atoms with Gasteiger partial charge >= 0.3 is 5.97 Å². The molecule has 0 aromatic heterocycles. The number of hydrogen-bond acceptors (Lipinski definition) is 5. The minimum absolute atomic E-state index is 0.190. The van der Waals surface area contributed by atoms with E-state index in [1.54, 1.807) is 19.2 Å². The fourth-order valence-electron chi connectivity index (χ4n) is 2.77. The van der Waals surface area contributed by atoms with E-state index in [9.17, 15) is 4.79 Å². The van der Waals surface area contributed by atoms with E-state index in [1.807, 2.05) is 6.07 Å². The van der Waals surface area contributed by atoms with Crippen LogP contribution in [0.2, 0.25) is 0 Å². The molecule has 0 spiro atoms. The third kappa shape index (κ3) is 3.53. The lowest BCUT2D eigenvalue weighted by Gasteiger charge is -2.34. The molecule has 1 aliphatic rings. The summed E-state index contributed by atoms with van der Waals surface area (Å²) in [6.45, 7) is 1.43. The second kappa shape index (κ2) is 7.09. The van der Waals surface area contributed by atoms with E-state index in [4.69, 9.17) is 14.7 Å². The minimum Gasteiger partial charge on any atom is -0.496 e. The molecule has 1 atom stereocenters. The molecule has 0 amide bonds. The second-order valence-corrected chi connectivity index (χ2v) is 5.14. The van der Waals surface area contributed by atoms with Gasteiger partial charge in [0.25, 0.3) is 0 Å². The molecule has 1 unspecified atom stereocenters. The number of carbonyl (C=O) groups is 1. The summed E-state index contributed by atoms with van der Waals surface area (Å²) >= 11 is 0. The molecule has 1 aromatic rings. The topological polar surface area (TPSA) is 62.6 Å². The Morgan fingerprint density at radius 3 is 2.90 bits per heavy atom. The predicted molar refractivity (Wildman–Crippen MR) is 77.8 cm³/mol. The first-order chi connectivity index (χ1) is 10.2. The Morgan fingerprint density at radius 1 is 1.43 bits per heavy atom. The summed E-state index contributed by atoms with van der Waals surface area (Å²) < 4.78 is 10.3. The summed E-state index contributed by atoms with van der Waals surface area (Å²) in [4.78, 5) is 14.0. The van der Waals surface area contributed by atoms with Gasteiger partial charge in [-0.25, -0.2) is 0 Å². The summed E-state index contributed by atoms with van der Waals surface area (Å²) in [5, 5.41) is 9.03. The number of rotatable bonds is 4. The maximum atomic E-state index is 11.9. The number of hydrogen-bond donors (Lipinski definition) is 0. The molecule has 5 nitrogen and oxygen atoms in total. The first kappa shape index (κ1) is 15.3. The van der Waals surface area contributed by atoms with Crippen molar-refractivity contribution in [2.75, 3.05) is 20.8 Å². The van der Waals surface area contributed by atoms with Gasteiger partial charge in [0, 0.05) is 12.1 Å². The quantitative estimate of drug-likeness (QED) is 0.794. The average molecular weight is 288 g/mol. The van der Waals surface area contributed by atoms with Crippen LogP contribution in [0.15, 0.2) is 18.2 Å². The predicted octanol–water partition coefficient (Wildman–Crippen LogP) is 2.09. The third-order valence-corrected chi connectivity index (χ3v) is 3.87. The van der Waals surface area contributed by atoms with Crippen molar-refractivity contribution in [3.05, 3.63) is 29.3 Å². The Balaban J connectivity index is 2.22. The Hall–Kier alpha value is -2.06. The number of esters is 1. The largest absolute Gasteiger partial charge is 0.496 e. The maximum absolute atomic E-state index is 11.9. The number of nitriles is 1. The highest BCUT2D eigenvalue weighted by atomic mass is 16.5. The van der Waals surface area contributed by atoms with E-state index < -0.39 is 0 Å². The molecule has 1 saturated heterocycles. The minimum atomic E-state index is -0.209. The zero-order valence-corrected chi connectivity index (χ0v) is 12.5. The molecule has 21 heavy (non-hydrogen) atoms. The summed E-state index contributed by atoms with van der Waals surface area (Å²) in [6.07, 6.45) is 2.91. The smallest absolute Gasteiger partial charge is 0.323 e. The fraction of sp³-hybridized carbons (Fsp3) is 0.500. The van der Waals surface area contributed by atoms with Gasteiger partial charge in [-0.1, -0.05) is 6.42 Å². The van der Waals surface area contributed by atoms with Crippen molar-refractivity contribution >= 4 is 5.97 Å². The number of likely N-dealkylation sites (tertiary alicyclic amines) is 1. The van der Waals surface area contributed by atoms with Crippen LogP contribution in [0.25, 0.3) is 0 Å². The van der Waals surface area contributed by atoms with E-state index in [1.165, 1.54) is 7.11 Å². The summed E-state index contributed by atoms with van der Waals surface area (Å²) in [5.41, 5.74) is 1.52. The van der Waals surface area contributed by atoms with Crippen molar-refractivity contribution in [1.29, 1.82) is 5.26 Å². The van der Waals surface area contributed by atoms with Crippen molar-refractivity contribution in [3.63, 3.8) is 0 Å². The van der Waals surface area contributed by atoms with Crippen LogP contribution < -0.4 is 4.74 Å². The van der Waals surface area contributed by atoms with Crippen LogP contribution in [0, 0.1) is 11.3 Å². The number of carbonyl (C=O) groups excluding carboxylic acids is 1. The normalized spacial score (nSPS) is 18.8. The van der Waals surface area contributed by atoms with Gasteiger partial charge < -0.3 is 9.47 Å². The van der Waals surface area contributed by atoms with Crippen molar-refractivity contribution in [2.24, 2.45) is 0 Å². The van der Waals surface area contributed by atoms with Gasteiger partial charge in [0.2, 0.25) is 0 Å². The molecule has 5 heteroatoms. The van der Waals surface area contributed by atoms with Crippen molar-refractivity contribution in [3.8, 4) is 11.8 Å². The van der Waals surface area contributed by atoms with E-state index >= 15 is 0 Å². The number of nitrogens with zero attached hydrogens (tertiary/aromatic N) is 2. The average Bonchev–Trinajstić information content (AvgIpc) is 2.54. The van der Waals surface area contributed by atoms with Crippen molar-refractivity contribution in [2.45, 2.75) is 31.8 Å². The van der Waals surface area contributed by atoms with Crippen LogP contribution in [-0.2, 0) is 16.1 Å².